The predicted molar refractivity (Wildman–Crippen MR) is 93.4 cm³/mol. The summed E-state index contributed by atoms with van der Waals surface area (Å²) in [4.78, 5) is 31.6. The molecule has 27 heavy (non-hydrogen) atoms. The maximum atomic E-state index is 13.1. The van der Waals surface area contributed by atoms with Crippen LogP contribution in [0.25, 0.3) is 0 Å². The third-order valence-electron chi connectivity index (χ3n) is 5.48. The van der Waals surface area contributed by atoms with Gasteiger partial charge in [0.25, 0.3) is 0 Å². The van der Waals surface area contributed by atoms with Crippen molar-refractivity contribution >= 4 is 17.6 Å². The molecule has 2 saturated heterocycles. The molecule has 2 aromatic rings. The van der Waals surface area contributed by atoms with Gasteiger partial charge in [0.2, 0.25) is 11.8 Å². The summed E-state index contributed by atoms with van der Waals surface area (Å²) in [6.45, 7) is 2.47. The van der Waals surface area contributed by atoms with Crippen LogP contribution >= 0.6 is 0 Å². The summed E-state index contributed by atoms with van der Waals surface area (Å²) in [6, 6.07) is 5.42. The number of fused-ring (bicyclic) bond motifs is 1. The van der Waals surface area contributed by atoms with Gasteiger partial charge in [0, 0.05) is 25.0 Å². The van der Waals surface area contributed by atoms with Gasteiger partial charge in [-0.15, -0.1) is 0 Å². The molecule has 3 aliphatic heterocycles. The van der Waals surface area contributed by atoms with E-state index in [2.05, 4.69) is 15.5 Å². The van der Waals surface area contributed by atoms with E-state index < -0.39 is 17.4 Å². The molecule has 0 unspecified atom stereocenters. The quantitative estimate of drug-likeness (QED) is 0.810. The van der Waals surface area contributed by atoms with Crippen molar-refractivity contribution in [3.8, 4) is 0 Å². The van der Waals surface area contributed by atoms with Crippen molar-refractivity contribution in [3.05, 3.63) is 54.1 Å². The van der Waals surface area contributed by atoms with Crippen molar-refractivity contribution in [2.75, 3.05) is 11.4 Å². The molecule has 1 N–H and O–H groups in total. The average molecular weight is 366 g/mol. The molecule has 2 amide bonds. The first-order valence-electron chi connectivity index (χ1n) is 8.86. The summed E-state index contributed by atoms with van der Waals surface area (Å²) in [5.41, 5.74) is 0.128. The predicted octanol–water partition coefficient (Wildman–Crippen LogP) is 0.981. The number of ether oxygens (including phenoxy) is 1. The number of anilines is 1. The molecule has 2 fully saturated rings. The van der Waals surface area contributed by atoms with Crippen LogP contribution in [-0.4, -0.2) is 40.2 Å². The SMILES string of the molecule is Cc1cc(N2C[C@]34C=C[C@@H](O3)[C@H](C(=O)NCc3cccnc3)[C@@H]4C2=O)no1. The number of nitrogens with zero attached hydrogens (tertiary/aromatic N) is 3. The molecule has 5 heterocycles. The third kappa shape index (κ3) is 2.40. The van der Waals surface area contributed by atoms with Crippen LogP contribution in [0.5, 0.6) is 0 Å². The molecule has 5 rings (SSSR count). The number of carbonyl (C=O) groups excluding carboxylic acids is 2. The third-order valence-corrected chi connectivity index (χ3v) is 5.48. The summed E-state index contributed by atoms with van der Waals surface area (Å²) in [7, 11) is 0. The minimum Gasteiger partial charge on any atom is -0.360 e. The number of hydrogen-bond acceptors (Lipinski definition) is 6. The van der Waals surface area contributed by atoms with Gasteiger partial charge in [-0.1, -0.05) is 23.4 Å². The molecule has 8 heteroatoms. The number of carbonyl (C=O) groups is 2. The number of aryl methyl sites for hydroxylation is 1. The standard InChI is InChI=1S/C19H18N4O4/c1-11-7-14(22-27-11)23-10-19-5-4-13(26-19)15(16(19)18(23)25)17(24)21-9-12-3-2-6-20-8-12/h2-8,13,15-16H,9-10H2,1H3,(H,21,24)/t13-,15+,16-,19+/m1/s1. The molecule has 2 bridgehead atoms. The van der Waals surface area contributed by atoms with Crippen LogP contribution in [0.4, 0.5) is 5.82 Å². The van der Waals surface area contributed by atoms with E-state index in [0.29, 0.717) is 24.7 Å². The molecule has 4 atom stereocenters. The number of nitrogens with one attached hydrogen (secondary N) is 1. The Kier molecular flexibility index (Phi) is 3.45. The number of pyridine rings is 1. The van der Waals surface area contributed by atoms with Crippen LogP contribution in [0.1, 0.15) is 11.3 Å². The molecule has 3 aliphatic rings. The van der Waals surface area contributed by atoms with Gasteiger partial charge in [-0.3, -0.25) is 19.5 Å². The highest BCUT2D eigenvalue weighted by Gasteiger charge is 2.67. The largest absolute Gasteiger partial charge is 0.360 e. The zero-order valence-electron chi connectivity index (χ0n) is 14.7. The summed E-state index contributed by atoms with van der Waals surface area (Å²) in [6.07, 6.45) is 6.80. The maximum absolute atomic E-state index is 13.1. The zero-order valence-corrected chi connectivity index (χ0v) is 14.7. The van der Waals surface area contributed by atoms with Gasteiger partial charge in [-0.2, -0.15) is 0 Å². The first kappa shape index (κ1) is 16.2. The lowest BCUT2D eigenvalue weighted by atomic mass is 9.77. The lowest BCUT2D eigenvalue weighted by Gasteiger charge is -2.23. The summed E-state index contributed by atoms with van der Waals surface area (Å²) >= 11 is 0. The second-order valence-electron chi connectivity index (χ2n) is 7.20. The number of hydrogen-bond donors (Lipinski definition) is 1. The first-order chi connectivity index (χ1) is 13.1. The summed E-state index contributed by atoms with van der Waals surface area (Å²) in [5, 5.41) is 6.86. The van der Waals surface area contributed by atoms with E-state index in [1.165, 1.54) is 0 Å². The molecule has 0 saturated carbocycles. The summed E-state index contributed by atoms with van der Waals surface area (Å²) in [5.74, 6) is -0.381. The lowest BCUT2D eigenvalue weighted by molar-refractivity contribution is -0.132. The van der Waals surface area contributed by atoms with Gasteiger partial charge in [-0.25, -0.2) is 0 Å². The topological polar surface area (TPSA) is 97.6 Å². The molecular weight excluding hydrogens is 348 g/mol. The van der Waals surface area contributed by atoms with Gasteiger partial charge >= 0.3 is 0 Å². The Morgan fingerprint density at radius 3 is 3.11 bits per heavy atom. The molecule has 2 aromatic heterocycles. The van der Waals surface area contributed by atoms with Crippen LogP contribution in [0.15, 0.2) is 47.3 Å². The van der Waals surface area contributed by atoms with E-state index in [1.807, 2.05) is 24.3 Å². The molecule has 1 spiro atoms. The van der Waals surface area contributed by atoms with Crippen molar-refractivity contribution in [2.45, 2.75) is 25.2 Å². The maximum Gasteiger partial charge on any atom is 0.235 e. The molecule has 8 nitrogen and oxygen atoms in total. The summed E-state index contributed by atoms with van der Waals surface area (Å²) < 4.78 is 11.2. The fourth-order valence-corrected chi connectivity index (χ4v) is 4.28. The molecule has 138 valence electrons. The highest BCUT2D eigenvalue weighted by Crippen LogP contribution is 2.52. The Morgan fingerprint density at radius 1 is 1.48 bits per heavy atom. The van der Waals surface area contributed by atoms with E-state index in [1.54, 1.807) is 30.3 Å². The Bertz CT molecular complexity index is 940. The van der Waals surface area contributed by atoms with E-state index in [4.69, 9.17) is 9.26 Å². The van der Waals surface area contributed by atoms with Gasteiger partial charge in [0.05, 0.1) is 24.5 Å². The highest BCUT2D eigenvalue weighted by molar-refractivity contribution is 6.02. The average Bonchev–Trinajstić information content (AvgIpc) is 3.42. The van der Waals surface area contributed by atoms with Crippen LogP contribution in [-0.2, 0) is 20.9 Å². The van der Waals surface area contributed by atoms with Crippen molar-refractivity contribution in [1.29, 1.82) is 0 Å². The van der Waals surface area contributed by atoms with Crippen molar-refractivity contribution in [2.24, 2.45) is 11.8 Å². The number of rotatable bonds is 4. The minimum atomic E-state index is -0.773. The van der Waals surface area contributed by atoms with Crippen LogP contribution < -0.4 is 10.2 Å². The lowest BCUT2D eigenvalue weighted by Crippen LogP contribution is -2.44. The Hall–Kier alpha value is -3.00. The monoisotopic (exact) mass is 366 g/mol. The first-order valence-corrected chi connectivity index (χ1v) is 8.86. The van der Waals surface area contributed by atoms with Gasteiger partial charge < -0.3 is 14.6 Å². The van der Waals surface area contributed by atoms with Crippen LogP contribution in [0.2, 0.25) is 0 Å². The molecule has 0 aromatic carbocycles. The molecule has 0 radical (unpaired) electrons. The fourth-order valence-electron chi connectivity index (χ4n) is 4.28. The van der Waals surface area contributed by atoms with Crippen molar-refractivity contribution < 1.29 is 18.8 Å². The smallest absolute Gasteiger partial charge is 0.235 e. The second-order valence-corrected chi connectivity index (χ2v) is 7.20. The van der Waals surface area contributed by atoms with Crippen molar-refractivity contribution in [1.82, 2.24) is 15.5 Å². The van der Waals surface area contributed by atoms with E-state index >= 15 is 0 Å². The number of aromatic nitrogens is 2. The zero-order chi connectivity index (χ0) is 18.6. The van der Waals surface area contributed by atoms with Gasteiger partial charge in [0.15, 0.2) is 5.82 Å². The van der Waals surface area contributed by atoms with E-state index in [-0.39, 0.29) is 17.9 Å². The van der Waals surface area contributed by atoms with E-state index in [9.17, 15) is 9.59 Å². The van der Waals surface area contributed by atoms with Crippen molar-refractivity contribution in [3.63, 3.8) is 0 Å². The molecule has 0 aliphatic carbocycles. The van der Waals surface area contributed by atoms with Crippen LogP contribution in [0, 0.1) is 18.8 Å². The normalized spacial score (nSPS) is 30.8. The molecular formula is C19H18N4O4. The fraction of sp³-hybridized carbons (Fsp3) is 0.368. The van der Waals surface area contributed by atoms with E-state index in [0.717, 1.165) is 5.56 Å². The van der Waals surface area contributed by atoms with Gasteiger partial charge in [-0.05, 0) is 18.6 Å². The number of amides is 2. The second kappa shape index (κ2) is 5.75. The Labute approximate surface area is 155 Å². The van der Waals surface area contributed by atoms with Crippen LogP contribution in [0.3, 0.4) is 0 Å². The Balaban J connectivity index is 1.38. The van der Waals surface area contributed by atoms with Gasteiger partial charge in [0.1, 0.15) is 11.4 Å². The Morgan fingerprint density at radius 2 is 2.37 bits per heavy atom. The highest BCUT2D eigenvalue weighted by atomic mass is 16.5. The minimum absolute atomic E-state index is 0.156.